The van der Waals surface area contributed by atoms with Crippen LogP contribution in [-0.4, -0.2) is 50.3 Å². The molecular weight excluding hydrogens is 352 g/mol. The van der Waals surface area contributed by atoms with E-state index in [1.165, 1.54) is 0 Å². The molecule has 1 N–H and O–H groups in total. The molecule has 5 heteroatoms. The van der Waals surface area contributed by atoms with Gasteiger partial charge in [-0.3, -0.25) is 4.79 Å². The van der Waals surface area contributed by atoms with Crippen molar-refractivity contribution in [3.05, 3.63) is 77.5 Å². The summed E-state index contributed by atoms with van der Waals surface area (Å²) in [5.74, 6) is 0.467. The van der Waals surface area contributed by atoms with Crippen LogP contribution < -0.4 is 5.32 Å². The summed E-state index contributed by atoms with van der Waals surface area (Å²) in [6.45, 7) is 7.43. The van der Waals surface area contributed by atoms with Gasteiger partial charge in [0.05, 0.1) is 26.4 Å². The first-order chi connectivity index (χ1) is 13.8. The van der Waals surface area contributed by atoms with Gasteiger partial charge >= 0.3 is 0 Å². The van der Waals surface area contributed by atoms with Gasteiger partial charge in [0.25, 0.3) is 5.91 Å². The summed E-state index contributed by atoms with van der Waals surface area (Å²) in [6.07, 6.45) is 0. The van der Waals surface area contributed by atoms with Gasteiger partial charge in [-0.25, -0.2) is 0 Å². The number of amides is 1. The van der Waals surface area contributed by atoms with Crippen molar-refractivity contribution in [3.8, 4) is 0 Å². The quantitative estimate of drug-likeness (QED) is 0.866. The van der Waals surface area contributed by atoms with E-state index >= 15 is 0 Å². The van der Waals surface area contributed by atoms with E-state index in [4.69, 9.17) is 9.47 Å². The molecule has 0 unspecified atom stereocenters. The van der Waals surface area contributed by atoms with E-state index in [2.05, 4.69) is 5.32 Å². The van der Waals surface area contributed by atoms with Gasteiger partial charge in [-0.15, -0.1) is 0 Å². The molecule has 28 heavy (non-hydrogen) atoms. The Labute approximate surface area is 167 Å². The minimum Gasteiger partial charge on any atom is -0.488 e. The van der Waals surface area contributed by atoms with Crippen LogP contribution in [0.4, 0.5) is 0 Å². The minimum atomic E-state index is -0.0236. The molecule has 2 heterocycles. The first-order valence-corrected chi connectivity index (χ1v) is 9.82. The standard InChI is InChI=1S/C19H19NO2.C4H9NO/c1-2-22-18-17(16-11-7-4-8-12-16)14-20(19(18)21)13-15-9-5-3-6-10-15;1-3-6-4-2-5-1/h3-12H,2,13-14H2,1H3;5H,1-4H2. The Hall–Kier alpha value is -2.63. The van der Waals surface area contributed by atoms with Gasteiger partial charge in [-0.2, -0.15) is 0 Å². The van der Waals surface area contributed by atoms with E-state index in [0.29, 0.717) is 25.5 Å². The molecule has 1 amide bonds. The zero-order valence-corrected chi connectivity index (χ0v) is 16.4. The number of benzene rings is 2. The molecule has 1 saturated heterocycles. The fraction of sp³-hybridized carbons (Fsp3) is 0.348. The average molecular weight is 380 g/mol. The smallest absolute Gasteiger partial charge is 0.289 e. The second kappa shape index (κ2) is 10.6. The topological polar surface area (TPSA) is 50.8 Å². The molecule has 4 rings (SSSR count). The third kappa shape index (κ3) is 5.44. The van der Waals surface area contributed by atoms with E-state index in [9.17, 15) is 4.79 Å². The van der Waals surface area contributed by atoms with Crippen LogP contribution >= 0.6 is 0 Å². The van der Waals surface area contributed by atoms with Crippen molar-refractivity contribution in [1.29, 1.82) is 0 Å². The Morgan fingerprint density at radius 1 is 1.00 bits per heavy atom. The van der Waals surface area contributed by atoms with E-state index < -0.39 is 0 Å². The maximum absolute atomic E-state index is 12.6. The summed E-state index contributed by atoms with van der Waals surface area (Å²) >= 11 is 0. The van der Waals surface area contributed by atoms with Gasteiger partial charge < -0.3 is 19.7 Å². The van der Waals surface area contributed by atoms with Crippen LogP contribution in [-0.2, 0) is 20.8 Å². The first-order valence-electron chi connectivity index (χ1n) is 9.82. The SMILES string of the molecule is C1COCCN1.CCOC1=C(c2ccccc2)CN(Cc2ccccc2)C1=O. The molecule has 0 spiro atoms. The maximum Gasteiger partial charge on any atom is 0.289 e. The lowest BCUT2D eigenvalue weighted by Crippen LogP contribution is -2.30. The normalized spacial score (nSPS) is 16.6. The van der Waals surface area contributed by atoms with Crippen LogP contribution in [0, 0.1) is 0 Å². The molecule has 148 valence electrons. The van der Waals surface area contributed by atoms with Crippen molar-refractivity contribution < 1.29 is 14.3 Å². The molecule has 0 bridgehead atoms. The number of rotatable bonds is 5. The fourth-order valence-corrected chi connectivity index (χ4v) is 3.21. The summed E-state index contributed by atoms with van der Waals surface area (Å²) in [5, 5.41) is 3.16. The monoisotopic (exact) mass is 380 g/mol. The van der Waals surface area contributed by atoms with Crippen LogP contribution in [0.5, 0.6) is 0 Å². The van der Waals surface area contributed by atoms with Crippen molar-refractivity contribution in [2.75, 3.05) is 39.5 Å². The number of hydrogen-bond donors (Lipinski definition) is 1. The maximum atomic E-state index is 12.6. The summed E-state index contributed by atoms with van der Waals surface area (Å²) in [6, 6.07) is 20.0. The molecule has 0 atom stereocenters. The molecule has 5 nitrogen and oxygen atoms in total. The lowest BCUT2D eigenvalue weighted by atomic mass is 10.1. The van der Waals surface area contributed by atoms with Crippen LogP contribution in [0.1, 0.15) is 18.1 Å². The number of ether oxygens (including phenoxy) is 2. The highest BCUT2D eigenvalue weighted by molar-refractivity contribution is 6.04. The number of carbonyl (C=O) groups excluding carboxylic acids is 1. The Morgan fingerprint density at radius 3 is 2.18 bits per heavy atom. The van der Waals surface area contributed by atoms with Crippen molar-refractivity contribution in [2.24, 2.45) is 0 Å². The number of morpholine rings is 1. The zero-order chi connectivity index (χ0) is 19.6. The Balaban J connectivity index is 0.000000320. The number of hydrogen-bond acceptors (Lipinski definition) is 4. The molecule has 2 aliphatic rings. The van der Waals surface area contributed by atoms with Crippen molar-refractivity contribution >= 4 is 11.5 Å². The molecule has 2 aliphatic heterocycles. The van der Waals surface area contributed by atoms with Crippen molar-refractivity contribution in [2.45, 2.75) is 13.5 Å². The van der Waals surface area contributed by atoms with Gasteiger partial charge in [0.1, 0.15) is 0 Å². The van der Waals surface area contributed by atoms with Gasteiger partial charge in [-0.05, 0) is 18.1 Å². The zero-order valence-electron chi connectivity index (χ0n) is 16.4. The second-order valence-corrected chi connectivity index (χ2v) is 6.62. The van der Waals surface area contributed by atoms with Crippen molar-refractivity contribution in [3.63, 3.8) is 0 Å². The highest BCUT2D eigenvalue weighted by Gasteiger charge is 2.32. The molecular formula is C23H28N2O3. The van der Waals surface area contributed by atoms with E-state index in [1.54, 1.807) is 0 Å². The molecule has 0 radical (unpaired) electrons. The third-order valence-corrected chi connectivity index (χ3v) is 4.58. The lowest BCUT2D eigenvalue weighted by Gasteiger charge is -2.16. The van der Waals surface area contributed by atoms with E-state index in [0.717, 1.165) is 43.0 Å². The summed E-state index contributed by atoms with van der Waals surface area (Å²) in [4.78, 5) is 14.5. The molecule has 2 aromatic rings. The fourth-order valence-electron chi connectivity index (χ4n) is 3.21. The predicted molar refractivity (Wildman–Crippen MR) is 111 cm³/mol. The Morgan fingerprint density at radius 2 is 1.64 bits per heavy atom. The highest BCUT2D eigenvalue weighted by atomic mass is 16.5. The molecule has 0 saturated carbocycles. The largest absolute Gasteiger partial charge is 0.488 e. The first kappa shape index (κ1) is 20.1. The van der Waals surface area contributed by atoms with Crippen LogP contribution in [0.15, 0.2) is 66.4 Å². The Bertz CT molecular complexity index is 759. The van der Waals surface area contributed by atoms with Gasteiger partial charge in [0.2, 0.25) is 0 Å². The predicted octanol–water partition coefficient (Wildman–Crippen LogP) is 3.08. The molecule has 0 aliphatic carbocycles. The van der Waals surface area contributed by atoms with Gasteiger partial charge in [0.15, 0.2) is 5.76 Å². The summed E-state index contributed by atoms with van der Waals surface area (Å²) < 4.78 is 10.6. The Kier molecular flexibility index (Phi) is 7.64. The number of nitrogens with zero attached hydrogens (tertiary/aromatic N) is 1. The van der Waals surface area contributed by atoms with Crippen LogP contribution in [0.25, 0.3) is 5.57 Å². The number of nitrogens with one attached hydrogen (secondary N) is 1. The van der Waals surface area contributed by atoms with Crippen molar-refractivity contribution in [1.82, 2.24) is 10.2 Å². The summed E-state index contributed by atoms with van der Waals surface area (Å²) in [5.41, 5.74) is 3.15. The average Bonchev–Trinajstić information content (AvgIpc) is 3.07. The molecule has 0 aromatic heterocycles. The summed E-state index contributed by atoms with van der Waals surface area (Å²) in [7, 11) is 0. The van der Waals surface area contributed by atoms with Gasteiger partial charge in [-0.1, -0.05) is 60.7 Å². The highest BCUT2D eigenvalue weighted by Crippen LogP contribution is 2.29. The number of carbonyl (C=O) groups is 1. The van der Waals surface area contributed by atoms with E-state index in [1.807, 2.05) is 72.5 Å². The van der Waals surface area contributed by atoms with Crippen LogP contribution in [0.2, 0.25) is 0 Å². The van der Waals surface area contributed by atoms with Gasteiger partial charge in [0, 0.05) is 25.2 Å². The molecule has 1 fully saturated rings. The second-order valence-electron chi connectivity index (χ2n) is 6.62. The third-order valence-electron chi connectivity index (χ3n) is 4.58. The lowest BCUT2D eigenvalue weighted by molar-refractivity contribution is -0.129. The minimum absolute atomic E-state index is 0.0236. The molecule has 2 aromatic carbocycles. The van der Waals surface area contributed by atoms with E-state index in [-0.39, 0.29) is 5.91 Å². The van der Waals surface area contributed by atoms with Crippen LogP contribution in [0.3, 0.4) is 0 Å².